The van der Waals surface area contributed by atoms with Crippen LogP contribution in [0.5, 0.6) is 5.75 Å². The molecule has 18 heavy (non-hydrogen) atoms. The Morgan fingerprint density at radius 3 is 2.44 bits per heavy atom. The van der Waals surface area contributed by atoms with Crippen molar-refractivity contribution in [2.45, 2.75) is 32.1 Å². The molecule has 1 aliphatic rings. The van der Waals surface area contributed by atoms with Crippen LogP contribution in [0.4, 0.5) is 0 Å². The molecule has 0 radical (unpaired) electrons. The predicted octanol–water partition coefficient (Wildman–Crippen LogP) is 2.68. The van der Waals surface area contributed by atoms with Gasteiger partial charge in [0.2, 0.25) is 0 Å². The summed E-state index contributed by atoms with van der Waals surface area (Å²) in [4.78, 5) is 1.81. The molecule has 2 nitrogen and oxygen atoms in total. The second kappa shape index (κ2) is 7.80. The highest BCUT2D eigenvalue weighted by Crippen LogP contribution is 2.16. The van der Waals surface area contributed by atoms with Gasteiger partial charge in [0.25, 0.3) is 0 Å². The van der Waals surface area contributed by atoms with Crippen molar-refractivity contribution < 1.29 is 9.64 Å². The first kappa shape index (κ1) is 13.9. The second-order valence-electron chi connectivity index (χ2n) is 5.07. The molecular formula is C15H23BrNO+. The van der Waals surface area contributed by atoms with Gasteiger partial charge in [-0.15, -0.1) is 0 Å². The highest BCUT2D eigenvalue weighted by Gasteiger charge is 2.13. The zero-order valence-electron chi connectivity index (χ0n) is 11.0. The van der Waals surface area contributed by atoms with Crippen molar-refractivity contribution in [3.8, 4) is 5.75 Å². The lowest BCUT2D eigenvalue weighted by Crippen LogP contribution is -3.09. The number of nitrogens with one attached hydrogen (secondary N) is 1. The normalized spacial score (nSPS) is 16.1. The van der Waals surface area contributed by atoms with E-state index in [1.165, 1.54) is 51.7 Å². The van der Waals surface area contributed by atoms with Crippen LogP contribution in [0.15, 0.2) is 28.7 Å². The maximum Gasteiger partial charge on any atom is 0.119 e. The van der Waals surface area contributed by atoms with Gasteiger partial charge in [0.1, 0.15) is 5.75 Å². The Morgan fingerprint density at radius 2 is 1.72 bits per heavy atom. The fourth-order valence-electron chi connectivity index (χ4n) is 2.50. The molecule has 1 aromatic carbocycles. The van der Waals surface area contributed by atoms with E-state index >= 15 is 0 Å². The van der Waals surface area contributed by atoms with Crippen LogP contribution >= 0.6 is 15.9 Å². The van der Waals surface area contributed by atoms with Crippen LogP contribution in [0.3, 0.4) is 0 Å². The molecule has 0 aliphatic carbocycles. The minimum absolute atomic E-state index is 0.844. The number of halogens is 1. The Kier molecular flexibility index (Phi) is 6.01. The molecule has 0 aromatic heterocycles. The maximum absolute atomic E-state index is 5.71. The van der Waals surface area contributed by atoms with Crippen molar-refractivity contribution in [1.82, 2.24) is 0 Å². The number of hydrogen-bond donors (Lipinski definition) is 1. The van der Waals surface area contributed by atoms with Gasteiger partial charge in [-0.3, -0.25) is 0 Å². The molecule has 0 spiro atoms. The molecular weight excluding hydrogens is 290 g/mol. The van der Waals surface area contributed by atoms with Crippen molar-refractivity contribution in [1.29, 1.82) is 0 Å². The third kappa shape index (κ3) is 4.99. The number of ether oxygens (including phenoxy) is 1. The second-order valence-corrected chi connectivity index (χ2v) is 5.99. The van der Waals surface area contributed by atoms with Crippen molar-refractivity contribution in [3.63, 3.8) is 0 Å². The van der Waals surface area contributed by atoms with Gasteiger partial charge in [-0.1, -0.05) is 15.9 Å². The Morgan fingerprint density at radius 1 is 1.00 bits per heavy atom. The molecule has 0 bridgehead atoms. The highest BCUT2D eigenvalue weighted by atomic mass is 79.9. The number of unbranched alkanes of at least 4 members (excludes halogenated alkanes) is 2. The third-order valence-electron chi connectivity index (χ3n) is 3.57. The standard InChI is InChI=1S/C15H22BrNO/c16-14-6-8-15(9-7-14)18-13-5-1-2-10-17-11-3-4-12-17/h6-9H,1-5,10-13H2/p+1. The maximum atomic E-state index is 5.71. The SMILES string of the molecule is Brc1ccc(OCCCCC[NH+]2CCCC2)cc1. The molecule has 0 atom stereocenters. The summed E-state index contributed by atoms with van der Waals surface area (Å²) in [6.45, 7) is 5.00. The minimum Gasteiger partial charge on any atom is -0.494 e. The number of hydrogen-bond acceptors (Lipinski definition) is 1. The first-order valence-corrected chi connectivity index (χ1v) is 7.86. The van der Waals surface area contributed by atoms with E-state index in [1.54, 1.807) is 0 Å². The smallest absolute Gasteiger partial charge is 0.119 e. The molecule has 1 saturated heterocycles. The van der Waals surface area contributed by atoms with Crippen LogP contribution in [0.1, 0.15) is 32.1 Å². The largest absolute Gasteiger partial charge is 0.494 e. The Balaban J connectivity index is 1.49. The fraction of sp³-hybridized carbons (Fsp3) is 0.600. The topological polar surface area (TPSA) is 13.7 Å². The van der Waals surface area contributed by atoms with Crippen molar-refractivity contribution in [2.24, 2.45) is 0 Å². The van der Waals surface area contributed by atoms with Crippen molar-refractivity contribution in [2.75, 3.05) is 26.2 Å². The highest BCUT2D eigenvalue weighted by molar-refractivity contribution is 9.10. The van der Waals surface area contributed by atoms with Crippen molar-refractivity contribution in [3.05, 3.63) is 28.7 Å². The van der Waals surface area contributed by atoms with Gasteiger partial charge in [0.15, 0.2) is 0 Å². The minimum atomic E-state index is 0.844. The van der Waals surface area contributed by atoms with Gasteiger partial charge in [-0.25, -0.2) is 0 Å². The molecule has 3 heteroatoms. The molecule has 1 aromatic rings. The van der Waals surface area contributed by atoms with Gasteiger partial charge in [0, 0.05) is 17.3 Å². The van der Waals surface area contributed by atoms with E-state index in [0.29, 0.717) is 0 Å². The number of rotatable bonds is 7. The summed E-state index contributed by atoms with van der Waals surface area (Å²) in [5.74, 6) is 0.975. The average molecular weight is 313 g/mol. The zero-order valence-corrected chi connectivity index (χ0v) is 12.5. The molecule has 2 rings (SSSR count). The fourth-order valence-corrected chi connectivity index (χ4v) is 2.76. The van der Waals surface area contributed by atoms with Crippen LogP contribution in [0.25, 0.3) is 0 Å². The molecule has 0 amide bonds. The molecule has 0 unspecified atom stereocenters. The summed E-state index contributed by atoms with van der Waals surface area (Å²) in [7, 11) is 0. The van der Waals surface area contributed by atoms with Gasteiger partial charge in [-0.2, -0.15) is 0 Å². The van der Waals surface area contributed by atoms with Gasteiger partial charge in [-0.05, 0) is 43.5 Å². The first-order valence-electron chi connectivity index (χ1n) is 7.06. The molecule has 1 aliphatic heterocycles. The summed E-state index contributed by atoms with van der Waals surface area (Å²) in [6.07, 6.45) is 6.67. The van der Waals surface area contributed by atoms with E-state index in [9.17, 15) is 0 Å². The molecule has 0 saturated carbocycles. The first-order chi connectivity index (χ1) is 8.84. The lowest BCUT2D eigenvalue weighted by atomic mass is 10.2. The average Bonchev–Trinajstić information content (AvgIpc) is 2.89. The summed E-state index contributed by atoms with van der Waals surface area (Å²) in [6, 6.07) is 8.06. The monoisotopic (exact) mass is 312 g/mol. The van der Waals surface area contributed by atoms with E-state index in [2.05, 4.69) is 15.9 Å². The van der Waals surface area contributed by atoms with E-state index in [4.69, 9.17) is 4.74 Å². The molecule has 1 fully saturated rings. The number of benzene rings is 1. The molecule has 100 valence electrons. The quantitative estimate of drug-likeness (QED) is 0.764. The summed E-state index contributed by atoms with van der Waals surface area (Å²) in [5, 5.41) is 0. The molecule has 1 heterocycles. The number of likely N-dealkylation sites (tertiary alicyclic amines) is 1. The predicted molar refractivity (Wildman–Crippen MR) is 78.3 cm³/mol. The number of quaternary nitrogens is 1. The Labute approximate surface area is 118 Å². The lowest BCUT2D eigenvalue weighted by molar-refractivity contribution is -0.887. The lowest BCUT2D eigenvalue weighted by Gasteiger charge is -2.11. The Bertz CT molecular complexity index is 333. The van der Waals surface area contributed by atoms with Gasteiger partial charge >= 0.3 is 0 Å². The van der Waals surface area contributed by atoms with E-state index < -0.39 is 0 Å². The van der Waals surface area contributed by atoms with Gasteiger partial charge in [0.05, 0.1) is 26.2 Å². The van der Waals surface area contributed by atoms with Crippen LogP contribution in [-0.2, 0) is 0 Å². The van der Waals surface area contributed by atoms with Crippen LogP contribution in [0, 0.1) is 0 Å². The van der Waals surface area contributed by atoms with E-state index in [-0.39, 0.29) is 0 Å². The van der Waals surface area contributed by atoms with Crippen LogP contribution in [-0.4, -0.2) is 26.2 Å². The van der Waals surface area contributed by atoms with E-state index in [1.807, 2.05) is 29.2 Å². The Hall–Kier alpha value is -0.540. The summed E-state index contributed by atoms with van der Waals surface area (Å²) >= 11 is 3.42. The van der Waals surface area contributed by atoms with Crippen molar-refractivity contribution >= 4 is 15.9 Å². The van der Waals surface area contributed by atoms with E-state index in [0.717, 1.165) is 16.8 Å². The zero-order chi connectivity index (χ0) is 12.6. The van der Waals surface area contributed by atoms with Crippen LogP contribution < -0.4 is 9.64 Å². The molecule has 1 N–H and O–H groups in total. The summed E-state index contributed by atoms with van der Waals surface area (Å²) in [5.41, 5.74) is 0. The van der Waals surface area contributed by atoms with Gasteiger partial charge < -0.3 is 9.64 Å². The summed E-state index contributed by atoms with van der Waals surface area (Å²) < 4.78 is 6.81. The third-order valence-corrected chi connectivity index (χ3v) is 4.10. The van der Waals surface area contributed by atoms with Crippen LogP contribution in [0.2, 0.25) is 0 Å².